The third-order valence-corrected chi connectivity index (χ3v) is 3.37. The maximum atomic E-state index is 11.9. The number of nitrogens with zero attached hydrogens (tertiary/aromatic N) is 1. The molecule has 1 heterocycles. The Bertz CT molecular complexity index is 658. The van der Waals surface area contributed by atoms with Crippen LogP contribution in [0.25, 0.3) is 0 Å². The van der Waals surface area contributed by atoms with Gasteiger partial charge in [-0.05, 0) is 23.8 Å². The van der Waals surface area contributed by atoms with Crippen LogP contribution in [0.4, 0.5) is 0 Å². The van der Waals surface area contributed by atoms with Crippen molar-refractivity contribution in [2.75, 3.05) is 0 Å². The van der Waals surface area contributed by atoms with Gasteiger partial charge < -0.3 is 10.4 Å². The second kappa shape index (κ2) is 6.29. The third-order valence-electron chi connectivity index (χ3n) is 2.60. The minimum absolute atomic E-state index is 0.0805. The van der Waals surface area contributed by atoms with E-state index in [9.17, 15) is 9.59 Å². The predicted octanol–water partition coefficient (Wildman–Crippen LogP) is 2.47. The van der Waals surface area contributed by atoms with E-state index in [1.807, 2.05) is 24.3 Å². The molecule has 2 N–H and O–H groups in total. The summed E-state index contributed by atoms with van der Waals surface area (Å²) >= 11 is 3.39. The maximum absolute atomic E-state index is 11.9. The van der Waals surface area contributed by atoms with E-state index in [0.717, 1.165) is 10.0 Å². The normalized spacial score (nSPS) is 10.1. The van der Waals surface area contributed by atoms with Crippen molar-refractivity contribution in [3.8, 4) is 0 Å². The number of rotatable bonds is 4. The standard InChI is InChI=1S/C14H11BrN2O3/c15-10-5-2-1-4-9(10)8-16-13(18)11-6-3-7-12(17-11)14(19)20/h1-7H,8H2,(H,16,18)(H,19,20). The van der Waals surface area contributed by atoms with Crippen LogP contribution in [0.1, 0.15) is 26.5 Å². The number of benzene rings is 1. The molecule has 1 amide bonds. The Morgan fingerprint density at radius 3 is 2.50 bits per heavy atom. The average molecular weight is 335 g/mol. The van der Waals surface area contributed by atoms with Crippen LogP contribution in [-0.4, -0.2) is 22.0 Å². The summed E-state index contributed by atoms with van der Waals surface area (Å²) in [6.45, 7) is 0.333. The monoisotopic (exact) mass is 334 g/mol. The molecule has 0 saturated carbocycles. The molecule has 0 spiro atoms. The van der Waals surface area contributed by atoms with Crippen LogP contribution >= 0.6 is 15.9 Å². The Labute approximate surface area is 123 Å². The predicted molar refractivity (Wildman–Crippen MR) is 76.5 cm³/mol. The van der Waals surface area contributed by atoms with Crippen LogP contribution in [0.5, 0.6) is 0 Å². The van der Waals surface area contributed by atoms with Crippen molar-refractivity contribution in [2.45, 2.75) is 6.54 Å². The number of hydrogen-bond acceptors (Lipinski definition) is 3. The van der Waals surface area contributed by atoms with Gasteiger partial charge in [0.1, 0.15) is 11.4 Å². The molecule has 0 radical (unpaired) electrons. The Hall–Kier alpha value is -2.21. The van der Waals surface area contributed by atoms with Gasteiger partial charge in [-0.3, -0.25) is 4.79 Å². The van der Waals surface area contributed by atoms with Crippen LogP contribution < -0.4 is 5.32 Å². The van der Waals surface area contributed by atoms with Crippen LogP contribution in [0, 0.1) is 0 Å². The lowest BCUT2D eigenvalue weighted by Crippen LogP contribution is -2.24. The zero-order valence-corrected chi connectivity index (χ0v) is 11.9. The first kappa shape index (κ1) is 14.2. The number of carbonyl (C=O) groups excluding carboxylic acids is 1. The molecule has 5 nitrogen and oxygen atoms in total. The Kier molecular flexibility index (Phi) is 4.47. The molecule has 20 heavy (non-hydrogen) atoms. The lowest BCUT2D eigenvalue weighted by molar-refractivity contribution is 0.0690. The summed E-state index contributed by atoms with van der Waals surface area (Å²) in [5.41, 5.74) is 0.853. The molecule has 0 fully saturated rings. The molecule has 1 aromatic carbocycles. The van der Waals surface area contributed by atoms with Crippen molar-refractivity contribution in [3.63, 3.8) is 0 Å². The molecule has 0 atom stereocenters. The lowest BCUT2D eigenvalue weighted by atomic mass is 10.2. The number of hydrogen-bond donors (Lipinski definition) is 2. The maximum Gasteiger partial charge on any atom is 0.354 e. The number of pyridine rings is 1. The van der Waals surface area contributed by atoms with E-state index in [1.54, 1.807) is 0 Å². The Balaban J connectivity index is 2.07. The smallest absolute Gasteiger partial charge is 0.354 e. The van der Waals surface area contributed by atoms with Crippen molar-refractivity contribution in [1.82, 2.24) is 10.3 Å². The van der Waals surface area contributed by atoms with Gasteiger partial charge in [-0.1, -0.05) is 40.2 Å². The lowest BCUT2D eigenvalue weighted by Gasteiger charge is -2.07. The Morgan fingerprint density at radius 2 is 1.80 bits per heavy atom. The molecule has 102 valence electrons. The molecule has 0 aliphatic heterocycles. The zero-order chi connectivity index (χ0) is 14.5. The highest BCUT2D eigenvalue weighted by Gasteiger charge is 2.11. The summed E-state index contributed by atoms with van der Waals surface area (Å²) in [6.07, 6.45) is 0. The van der Waals surface area contributed by atoms with E-state index < -0.39 is 11.9 Å². The van der Waals surface area contributed by atoms with Crippen LogP contribution in [-0.2, 0) is 6.54 Å². The number of nitrogens with one attached hydrogen (secondary N) is 1. The number of carbonyl (C=O) groups is 2. The fourth-order valence-corrected chi connectivity index (χ4v) is 2.01. The first-order valence-corrected chi connectivity index (χ1v) is 6.59. The zero-order valence-electron chi connectivity index (χ0n) is 10.3. The summed E-state index contributed by atoms with van der Waals surface area (Å²) < 4.78 is 0.896. The molecule has 0 bridgehead atoms. The number of carboxylic acids is 1. The van der Waals surface area contributed by atoms with Crippen molar-refractivity contribution in [1.29, 1.82) is 0 Å². The van der Waals surface area contributed by atoms with E-state index in [1.165, 1.54) is 18.2 Å². The van der Waals surface area contributed by atoms with Gasteiger partial charge in [-0.25, -0.2) is 9.78 Å². The van der Waals surface area contributed by atoms with Crippen LogP contribution in [0.3, 0.4) is 0 Å². The van der Waals surface area contributed by atoms with Gasteiger partial charge in [0.15, 0.2) is 0 Å². The Morgan fingerprint density at radius 1 is 1.10 bits per heavy atom. The molecule has 6 heteroatoms. The number of amides is 1. The van der Waals surface area contributed by atoms with Crippen molar-refractivity contribution in [2.24, 2.45) is 0 Å². The van der Waals surface area contributed by atoms with Crippen LogP contribution in [0.2, 0.25) is 0 Å². The average Bonchev–Trinajstić information content (AvgIpc) is 2.46. The van der Waals surface area contributed by atoms with Gasteiger partial charge in [0.05, 0.1) is 0 Å². The van der Waals surface area contributed by atoms with E-state index in [0.29, 0.717) is 6.54 Å². The molecule has 0 unspecified atom stereocenters. The minimum atomic E-state index is -1.16. The van der Waals surface area contributed by atoms with Gasteiger partial charge in [-0.2, -0.15) is 0 Å². The van der Waals surface area contributed by atoms with E-state index in [-0.39, 0.29) is 11.4 Å². The van der Waals surface area contributed by atoms with E-state index >= 15 is 0 Å². The molecule has 0 aliphatic carbocycles. The largest absolute Gasteiger partial charge is 0.477 e. The second-order valence-electron chi connectivity index (χ2n) is 3.99. The van der Waals surface area contributed by atoms with E-state index in [4.69, 9.17) is 5.11 Å². The number of carboxylic acid groups (broad SMARTS) is 1. The minimum Gasteiger partial charge on any atom is -0.477 e. The summed E-state index contributed by atoms with van der Waals surface area (Å²) in [6, 6.07) is 11.8. The van der Waals surface area contributed by atoms with Gasteiger partial charge in [-0.15, -0.1) is 0 Å². The van der Waals surface area contributed by atoms with Gasteiger partial charge >= 0.3 is 5.97 Å². The summed E-state index contributed by atoms with van der Waals surface area (Å²) in [5.74, 6) is -1.57. The summed E-state index contributed by atoms with van der Waals surface area (Å²) in [7, 11) is 0. The SMILES string of the molecule is O=C(O)c1cccc(C(=O)NCc2ccccc2Br)n1. The van der Waals surface area contributed by atoms with Crippen LogP contribution in [0.15, 0.2) is 46.9 Å². The fourth-order valence-electron chi connectivity index (χ4n) is 1.59. The highest BCUT2D eigenvalue weighted by Crippen LogP contribution is 2.15. The van der Waals surface area contributed by atoms with Gasteiger partial charge in [0.25, 0.3) is 5.91 Å². The molecule has 0 saturated heterocycles. The third kappa shape index (κ3) is 3.42. The molecule has 2 rings (SSSR count). The summed E-state index contributed by atoms with van der Waals surface area (Å²) in [5, 5.41) is 11.5. The first-order chi connectivity index (χ1) is 9.58. The fraction of sp³-hybridized carbons (Fsp3) is 0.0714. The highest BCUT2D eigenvalue weighted by atomic mass is 79.9. The molecular formula is C14H11BrN2O3. The highest BCUT2D eigenvalue weighted by molar-refractivity contribution is 9.10. The summed E-state index contributed by atoms with van der Waals surface area (Å²) in [4.78, 5) is 26.5. The van der Waals surface area contributed by atoms with Gasteiger partial charge in [0.2, 0.25) is 0 Å². The van der Waals surface area contributed by atoms with Crippen molar-refractivity contribution < 1.29 is 14.7 Å². The number of aromatic carboxylic acids is 1. The van der Waals surface area contributed by atoms with Crippen molar-refractivity contribution >= 4 is 27.8 Å². The number of aromatic nitrogens is 1. The van der Waals surface area contributed by atoms with E-state index in [2.05, 4.69) is 26.2 Å². The second-order valence-corrected chi connectivity index (χ2v) is 4.84. The molecule has 0 aliphatic rings. The number of halogens is 1. The van der Waals surface area contributed by atoms with Gasteiger partial charge in [0, 0.05) is 11.0 Å². The molecule has 1 aromatic heterocycles. The molecule has 2 aromatic rings. The topological polar surface area (TPSA) is 79.3 Å². The first-order valence-electron chi connectivity index (χ1n) is 5.80. The molecular weight excluding hydrogens is 324 g/mol. The van der Waals surface area contributed by atoms with Crippen molar-refractivity contribution in [3.05, 3.63) is 63.9 Å². The quantitative estimate of drug-likeness (QED) is 0.900.